The Bertz CT molecular complexity index is 637. The predicted octanol–water partition coefficient (Wildman–Crippen LogP) is 1.52. The summed E-state index contributed by atoms with van der Waals surface area (Å²) in [7, 11) is 0. The average Bonchev–Trinajstić information content (AvgIpc) is 2.36. The summed E-state index contributed by atoms with van der Waals surface area (Å²) >= 11 is 2.22. The van der Waals surface area contributed by atoms with E-state index in [2.05, 4.69) is 48.3 Å². The van der Waals surface area contributed by atoms with Crippen molar-refractivity contribution in [1.82, 2.24) is 15.2 Å². The standard InChI is InChI=1S/C11H10IN5O/c1-7-10(14-11(18)17-15-7)16-13-6-8-4-2-3-5-9(8)12/h2-6H,1H3,(H2,14,16,17,18). The number of hydrazone groups is 1. The molecule has 1 aromatic carbocycles. The van der Waals surface area contributed by atoms with Crippen molar-refractivity contribution in [1.29, 1.82) is 0 Å². The van der Waals surface area contributed by atoms with Crippen LogP contribution in [0.15, 0.2) is 34.2 Å². The van der Waals surface area contributed by atoms with Crippen LogP contribution in [0.3, 0.4) is 0 Å². The second-order valence-electron chi connectivity index (χ2n) is 3.47. The van der Waals surface area contributed by atoms with E-state index in [0.29, 0.717) is 11.5 Å². The molecule has 1 aromatic heterocycles. The van der Waals surface area contributed by atoms with Gasteiger partial charge < -0.3 is 0 Å². The summed E-state index contributed by atoms with van der Waals surface area (Å²) in [5.41, 5.74) is 3.76. The number of anilines is 1. The van der Waals surface area contributed by atoms with Crippen molar-refractivity contribution in [3.05, 3.63) is 49.6 Å². The van der Waals surface area contributed by atoms with Crippen LogP contribution in [0, 0.1) is 10.5 Å². The number of H-pyrrole nitrogens is 1. The fraction of sp³-hybridized carbons (Fsp3) is 0.0909. The van der Waals surface area contributed by atoms with Crippen molar-refractivity contribution in [2.24, 2.45) is 5.10 Å². The highest BCUT2D eigenvalue weighted by atomic mass is 127. The van der Waals surface area contributed by atoms with E-state index in [1.807, 2.05) is 24.3 Å². The lowest BCUT2D eigenvalue weighted by molar-refractivity contribution is 0.879. The van der Waals surface area contributed by atoms with E-state index in [0.717, 1.165) is 9.13 Å². The van der Waals surface area contributed by atoms with Crippen LogP contribution in [0.25, 0.3) is 0 Å². The van der Waals surface area contributed by atoms with Crippen LogP contribution in [-0.4, -0.2) is 21.4 Å². The molecule has 2 aromatic rings. The molecule has 0 bridgehead atoms. The SMILES string of the molecule is Cc1n[nH]c(=O)nc1NN=Cc1ccccc1I. The maximum atomic E-state index is 11.0. The molecule has 0 aliphatic rings. The highest BCUT2D eigenvalue weighted by molar-refractivity contribution is 14.1. The van der Waals surface area contributed by atoms with Crippen LogP contribution in [0.2, 0.25) is 0 Å². The molecule has 92 valence electrons. The van der Waals surface area contributed by atoms with Crippen molar-refractivity contribution in [3.8, 4) is 0 Å². The Balaban J connectivity index is 2.15. The minimum atomic E-state index is -0.507. The third kappa shape index (κ3) is 3.13. The van der Waals surface area contributed by atoms with Gasteiger partial charge in [-0.3, -0.25) is 5.43 Å². The van der Waals surface area contributed by atoms with E-state index >= 15 is 0 Å². The van der Waals surface area contributed by atoms with E-state index in [9.17, 15) is 4.79 Å². The molecule has 18 heavy (non-hydrogen) atoms. The van der Waals surface area contributed by atoms with Gasteiger partial charge in [0.2, 0.25) is 0 Å². The highest BCUT2D eigenvalue weighted by Gasteiger charge is 2.00. The molecule has 0 spiro atoms. The van der Waals surface area contributed by atoms with Gasteiger partial charge in [0.15, 0.2) is 5.82 Å². The molecular weight excluding hydrogens is 345 g/mol. The van der Waals surface area contributed by atoms with Crippen molar-refractivity contribution in [3.63, 3.8) is 0 Å². The van der Waals surface area contributed by atoms with Gasteiger partial charge in [-0.25, -0.2) is 9.89 Å². The molecule has 0 amide bonds. The summed E-state index contributed by atoms with van der Waals surface area (Å²) in [4.78, 5) is 14.7. The monoisotopic (exact) mass is 355 g/mol. The van der Waals surface area contributed by atoms with Gasteiger partial charge in [-0.15, -0.1) is 0 Å². The second kappa shape index (κ2) is 5.71. The molecule has 0 radical (unpaired) electrons. The Hall–Kier alpha value is -1.77. The molecule has 0 saturated carbocycles. The zero-order valence-electron chi connectivity index (χ0n) is 9.51. The number of nitrogens with one attached hydrogen (secondary N) is 2. The predicted molar refractivity (Wildman–Crippen MR) is 77.8 cm³/mol. The summed E-state index contributed by atoms with van der Waals surface area (Å²) in [5.74, 6) is 0.348. The molecule has 0 fully saturated rings. The summed E-state index contributed by atoms with van der Waals surface area (Å²) in [5, 5.41) is 10.1. The molecule has 0 aliphatic carbocycles. The highest BCUT2D eigenvalue weighted by Crippen LogP contribution is 2.09. The maximum absolute atomic E-state index is 11.0. The Kier molecular flexibility index (Phi) is 4.03. The van der Waals surface area contributed by atoms with Crippen molar-refractivity contribution in [2.75, 3.05) is 5.43 Å². The minimum absolute atomic E-state index is 0.348. The molecular formula is C11H10IN5O. The number of hydrogen-bond acceptors (Lipinski definition) is 5. The number of benzene rings is 1. The number of rotatable bonds is 3. The number of aromatic nitrogens is 3. The molecule has 2 N–H and O–H groups in total. The molecule has 7 heteroatoms. The first-order chi connectivity index (χ1) is 8.66. The largest absolute Gasteiger partial charge is 0.363 e. The van der Waals surface area contributed by atoms with E-state index in [-0.39, 0.29) is 0 Å². The lowest BCUT2D eigenvalue weighted by Gasteiger charge is -2.01. The topological polar surface area (TPSA) is 83.0 Å². The molecule has 6 nitrogen and oxygen atoms in total. The number of halogens is 1. The van der Waals surface area contributed by atoms with Gasteiger partial charge >= 0.3 is 5.69 Å². The van der Waals surface area contributed by atoms with Crippen LogP contribution < -0.4 is 11.1 Å². The zero-order valence-corrected chi connectivity index (χ0v) is 11.7. The van der Waals surface area contributed by atoms with Gasteiger partial charge in [0.1, 0.15) is 5.69 Å². The maximum Gasteiger partial charge on any atom is 0.363 e. The van der Waals surface area contributed by atoms with Crippen molar-refractivity contribution in [2.45, 2.75) is 6.92 Å². The smallest absolute Gasteiger partial charge is 0.260 e. The Morgan fingerprint density at radius 2 is 2.22 bits per heavy atom. The molecule has 1 heterocycles. The fourth-order valence-electron chi connectivity index (χ4n) is 1.24. The Labute approximate surface area is 117 Å². The van der Waals surface area contributed by atoms with Crippen LogP contribution in [0.4, 0.5) is 5.82 Å². The Morgan fingerprint density at radius 3 is 3.00 bits per heavy atom. The van der Waals surface area contributed by atoms with Crippen molar-refractivity contribution < 1.29 is 0 Å². The van der Waals surface area contributed by atoms with Crippen LogP contribution in [0.5, 0.6) is 0 Å². The molecule has 0 atom stereocenters. The third-order valence-electron chi connectivity index (χ3n) is 2.15. The second-order valence-corrected chi connectivity index (χ2v) is 4.63. The van der Waals surface area contributed by atoms with Crippen LogP contribution in [-0.2, 0) is 0 Å². The van der Waals surface area contributed by atoms with Gasteiger partial charge in [0.05, 0.1) is 6.21 Å². The normalized spacial score (nSPS) is 10.8. The van der Waals surface area contributed by atoms with Gasteiger partial charge in [0.25, 0.3) is 0 Å². The Morgan fingerprint density at radius 1 is 1.44 bits per heavy atom. The first-order valence-electron chi connectivity index (χ1n) is 5.14. The lowest BCUT2D eigenvalue weighted by Crippen LogP contribution is -2.15. The summed E-state index contributed by atoms with van der Waals surface area (Å²) < 4.78 is 1.09. The molecule has 2 rings (SSSR count). The van der Waals surface area contributed by atoms with Gasteiger partial charge in [-0.1, -0.05) is 18.2 Å². The van der Waals surface area contributed by atoms with E-state index in [1.165, 1.54) is 0 Å². The molecule has 0 aliphatic heterocycles. The number of nitrogens with zero attached hydrogens (tertiary/aromatic N) is 3. The zero-order chi connectivity index (χ0) is 13.0. The summed E-state index contributed by atoms with van der Waals surface area (Å²) in [6.45, 7) is 1.73. The average molecular weight is 355 g/mol. The van der Waals surface area contributed by atoms with E-state index in [4.69, 9.17) is 0 Å². The molecule has 0 saturated heterocycles. The fourth-order valence-corrected chi connectivity index (χ4v) is 1.77. The van der Waals surface area contributed by atoms with Crippen LogP contribution >= 0.6 is 22.6 Å². The summed E-state index contributed by atoms with van der Waals surface area (Å²) in [6, 6.07) is 7.82. The molecule has 0 unspecified atom stereocenters. The van der Waals surface area contributed by atoms with E-state index < -0.39 is 5.69 Å². The first kappa shape index (κ1) is 12.7. The lowest BCUT2D eigenvalue weighted by atomic mass is 10.2. The van der Waals surface area contributed by atoms with Crippen LogP contribution in [0.1, 0.15) is 11.3 Å². The minimum Gasteiger partial charge on any atom is -0.260 e. The van der Waals surface area contributed by atoms with E-state index in [1.54, 1.807) is 13.1 Å². The third-order valence-corrected chi connectivity index (χ3v) is 3.14. The number of aromatic amines is 1. The van der Waals surface area contributed by atoms with Crippen molar-refractivity contribution >= 4 is 34.6 Å². The summed E-state index contributed by atoms with van der Waals surface area (Å²) in [6.07, 6.45) is 1.67. The van der Waals surface area contributed by atoms with Gasteiger partial charge in [-0.05, 0) is 35.6 Å². The van der Waals surface area contributed by atoms with Gasteiger partial charge in [-0.2, -0.15) is 15.2 Å². The first-order valence-corrected chi connectivity index (χ1v) is 6.21. The number of aryl methyl sites for hydroxylation is 1. The quantitative estimate of drug-likeness (QED) is 0.497. The van der Waals surface area contributed by atoms with Gasteiger partial charge in [0, 0.05) is 9.13 Å². The number of hydrogen-bond donors (Lipinski definition) is 2.